The third kappa shape index (κ3) is 6.68. The van der Waals surface area contributed by atoms with Crippen molar-refractivity contribution in [2.75, 3.05) is 53.5 Å². The molecule has 0 bridgehead atoms. The molecule has 2 aromatic carbocycles. The smallest absolute Gasteiger partial charge is 0.242 e. The number of rotatable bonds is 10. The van der Waals surface area contributed by atoms with Crippen LogP contribution in [0.15, 0.2) is 47.4 Å². The highest BCUT2D eigenvalue weighted by Gasteiger charge is 2.36. The molecule has 3 saturated heterocycles. The Morgan fingerprint density at radius 1 is 0.902 bits per heavy atom. The lowest BCUT2D eigenvalue weighted by Gasteiger charge is -2.34. The molecule has 2 aromatic rings. The van der Waals surface area contributed by atoms with Crippen molar-refractivity contribution in [1.82, 2.24) is 19.4 Å². The summed E-state index contributed by atoms with van der Waals surface area (Å²) >= 11 is 0. The molecule has 2 atom stereocenters. The molecule has 5 rings (SSSR count). The Labute approximate surface area is 242 Å². The average molecular weight is 585 g/mol. The third-order valence-electron chi connectivity index (χ3n) is 8.38. The second-order valence-corrected chi connectivity index (χ2v) is 12.8. The van der Waals surface area contributed by atoms with E-state index in [1.54, 1.807) is 38.5 Å². The Bertz CT molecular complexity index is 1360. The van der Waals surface area contributed by atoms with Gasteiger partial charge in [0.05, 0.1) is 25.7 Å². The number of benzene rings is 2. The lowest BCUT2D eigenvalue weighted by Crippen LogP contribution is -2.55. The molecular formula is C30H40N4O6S. The van der Waals surface area contributed by atoms with Crippen LogP contribution in [0.25, 0.3) is 11.1 Å². The van der Waals surface area contributed by atoms with Crippen molar-refractivity contribution in [2.24, 2.45) is 0 Å². The predicted octanol–water partition coefficient (Wildman–Crippen LogP) is 2.73. The Kier molecular flexibility index (Phi) is 9.16. The lowest BCUT2D eigenvalue weighted by atomic mass is 10.1. The maximum atomic E-state index is 13.4. The zero-order valence-electron chi connectivity index (χ0n) is 23.9. The first kappa shape index (κ1) is 29.3. The summed E-state index contributed by atoms with van der Waals surface area (Å²) in [6.07, 6.45) is 5.39. The number of nitrogens with one attached hydrogen (secondary N) is 1. The fraction of sp³-hybridized carbons (Fsp3) is 0.533. The van der Waals surface area contributed by atoms with Crippen molar-refractivity contribution >= 4 is 21.8 Å². The van der Waals surface area contributed by atoms with Crippen molar-refractivity contribution in [3.63, 3.8) is 0 Å². The molecule has 3 heterocycles. The molecule has 0 aromatic heterocycles. The maximum Gasteiger partial charge on any atom is 0.242 e. The molecule has 3 aliphatic heterocycles. The molecule has 0 saturated carbocycles. The van der Waals surface area contributed by atoms with Crippen molar-refractivity contribution in [3.05, 3.63) is 42.5 Å². The van der Waals surface area contributed by atoms with Crippen molar-refractivity contribution in [1.29, 1.82) is 0 Å². The number of hydrogen-bond donors (Lipinski definition) is 1. The molecule has 11 heteroatoms. The summed E-state index contributed by atoms with van der Waals surface area (Å²) < 4.78 is 40.1. The second-order valence-electron chi connectivity index (χ2n) is 11.1. The van der Waals surface area contributed by atoms with E-state index in [0.29, 0.717) is 43.0 Å². The number of sulfonamides is 1. The van der Waals surface area contributed by atoms with Gasteiger partial charge in [-0.2, -0.15) is 4.72 Å². The van der Waals surface area contributed by atoms with Crippen molar-refractivity contribution < 1.29 is 27.5 Å². The molecule has 10 nitrogen and oxygen atoms in total. The van der Waals surface area contributed by atoms with Crippen molar-refractivity contribution in [3.8, 4) is 22.6 Å². The van der Waals surface area contributed by atoms with Gasteiger partial charge in [0.25, 0.3) is 0 Å². The average Bonchev–Trinajstić information content (AvgIpc) is 3.67. The Morgan fingerprint density at radius 3 is 2.39 bits per heavy atom. The fourth-order valence-electron chi connectivity index (χ4n) is 6.19. The Balaban J connectivity index is 1.24. The molecule has 0 spiro atoms. The van der Waals surface area contributed by atoms with Gasteiger partial charge in [-0.05, 0) is 87.0 Å². The number of likely N-dealkylation sites (tertiary alicyclic amines) is 3. The summed E-state index contributed by atoms with van der Waals surface area (Å²) in [5.74, 6) is 0.716. The SMILES string of the molecule is COc1ccc(-c2cccc(S(=O)(=O)N[C@H]3CCCN(CC(=O)N4CCC[C@H]4CN4CCCC4)C3=O)c2)cc1OC. The van der Waals surface area contributed by atoms with E-state index < -0.39 is 16.1 Å². The van der Waals surface area contributed by atoms with Crippen molar-refractivity contribution in [2.45, 2.75) is 55.5 Å². The van der Waals surface area contributed by atoms with Crippen LogP contribution in [0, 0.1) is 0 Å². The van der Waals surface area contributed by atoms with Gasteiger partial charge < -0.3 is 24.2 Å². The van der Waals surface area contributed by atoms with E-state index >= 15 is 0 Å². The van der Waals surface area contributed by atoms with Gasteiger partial charge in [-0.3, -0.25) is 9.59 Å². The fourth-order valence-corrected chi connectivity index (χ4v) is 7.46. The van der Waals surface area contributed by atoms with Gasteiger partial charge in [0.2, 0.25) is 21.8 Å². The molecule has 3 aliphatic rings. The quantitative estimate of drug-likeness (QED) is 0.458. The summed E-state index contributed by atoms with van der Waals surface area (Å²) in [5.41, 5.74) is 1.45. The molecule has 41 heavy (non-hydrogen) atoms. The molecule has 0 radical (unpaired) electrons. The highest BCUT2D eigenvalue weighted by atomic mass is 32.2. The molecule has 2 amide bonds. The van der Waals surface area contributed by atoms with Crippen LogP contribution < -0.4 is 14.2 Å². The number of carbonyl (C=O) groups excluding carboxylic acids is 2. The van der Waals surface area contributed by atoms with Gasteiger partial charge in [-0.1, -0.05) is 18.2 Å². The van der Waals surface area contributed by atoms with Gasteiger partial charge >= 0.3 is 0 Å². The first-order valence-corrected chi connectivity index (χ1v) is 15.9. The Hall–Kier alpha value is -3.15. The Morgan fingerprint density at radius 2 is 1.63 bits per heavy atom. The zero-order valence-corrected chi connectivity index (χ0v) is 24.7. The van der Waals surface area contributed by atoms with Crippen LogP contribution in [-0.4, -0.2) is 101 Å². The zero-order chi connectivity index (χ0) is 29.0. The van der Waals surface area contributed by atoms with Gasteiger partial charge in [0.15, 0.2) is 11.5 Å². The predicted molar refractivity (Wildman–Crippen MR) is 155 cm³/mol. The number of nitrogens with zero attached hydrogens (tertiary/aromatic N) is 3. The minimum absolute atomic E-state index is 0.0116. The van der Waals surface area contributed by atoms with Crippen LogP contribution >= 0.6 is 0 Å². The van der Waals surface area contributed by atoms with Crippen LogP contribution in [0.4, 0.5) is 0 Å². The molecule has 1 N–H and O–H groups in total. The standard InChI is InChI=1S/C30H40N4O6S/c1-39-27-13-12-23(19-28(27)40-2)22-8-5-10-25(18-22)41(37,38)31-26-11-7-16-33(30(26)36)21-29(35)34-17-6-9-24(34)20-32-14-3-4-15-32/h5,8,10,12-13,18-19,24,26,31H,3-4,6-7,9,11,14-17,20-21H2,1-2H3/t24-,26-/m0/s1. The first-order valence-electron chi connectivity index (χ1n) is 14.4. The molecular weight excluding hydrogens is 544 g/mol. The van der Waals surface area contributed by atoms with E-state index in [1.807, 2.05) is 17.0 Å². The number of amides is 2. The number of ether oxygens (including phenoxy) is 2. The van der Waals surface area contributed by atoms with E-state index in [9.17, 15) is 18.0 Å². The second kappa shape index (κ2) is 12.8. The van der Waals surface area contributed by atoms with Crippen LogP contribution in [0.5, 0.6) is 11.5 Å². The van der Waals surface area contributed by atoms with Crippen LogP contribution in [0.1, 0.15) is 38.5 Å². The molecule has 0 aliphatic carbocycles. The van der Waals surface area contributed by atoms with E-state index in [4.69, 9.17) is 9.47 Å². The van der Waals surface area contributed by atoms with Gasteiger partial charge in [-0.25, -0.2) is 8.42 Å². The molecule has 222 valence electrons. The van der Waals surface area contributed by atoms with E-state index in [1.165, 1.54) is 23.8 Å². The van der Waals surface area contributed by atoms with Gasteiger partial charge in [-0.15, -0.1) is 0 Å². The number of methoxy groups -OCH3 is 2. The van der Waals surface area contributed by atoms with E-state index in [-0.39, 0.29) is 29.3 Å². The lowest BCUT2D eigenvalue weighted by molar-refractivity contribution is -0.143. The normalized spacial score (nSPS) is 21.9. The highest BCUT2D eigenvalue weighted by molar-refractivity contribution is 7.89. The molecule has 3 fully saturated rings. The third-order valence-corrected chi connectivity index (χ3v) is 9.85. The van der Waals surface area contributed by atoms with Crippen LogP contribution in [-0.2, 0) is 19.6 Å². The summed E-state index contributed by atoms with van der Waals surface area (Å²) in [6.45, 7) is 4.21. The minimum Gasteiger partial charge on any atom is -0.493 e. The largest absolute Gasteiger partial charge is 0.493 e. The summed E-state index contributed by atoms with van der Waals surface area (Å²) in [5, 5.41) is 0. The minimum atomic E-state index is -4.00. The summed E-state index contributed by atoms with van der Waals surface area (Å²) in [7, 11) is -0.897. The number of carbonyl (C=O) groups is 2. The first-order chi connectivity index (χ1) is 19.8. The molecule has 0 unspecified atom stereocenters. The summed E-state index contributed by atoms with van der Waals surface area (Å²) in [4.78, 5) is 32.6. The number of piperidine rings is 1. The highest BCUT2D eigenvalue weighted by Crippen LogP contribution is 2.33. The van der Waals surface area contributed by atoms with Gasteiger partial charge in [0, 0.05) is 25.7 Å². The van der Waals surface area contributed by atoms with Crippen LogP contribution in [0.3, 0.4) is 0 Å². The van der Waals surface area contributed by atoms with E-state index in [2.05, 4.69) is 9.62 Å². The van der Waals surface area contributed by atoms with Gasteiger partial charge in [0.1, 0.15) is 6.04 Å². The van der Waals surface area contributed by atoms with E-state index in [0.717, 1.165) is 38.0 Å². The number of hydrogen-bond acceptors (Lipinski definition) is 7. The maximum absolute atomic E-state index is 13.4. The monoisotopic (exact) mass is 584 g/mol. The summed E-state index contributed by atoms with van der Waals surface area (Å²) in [6, 6.07) is 11.2. The van der Waals surface area contributed by atoms with Crippen LogP contribution in [0.2, 0.25) is 0 Å². The topological polar surface area (TPSA) is 108 Å².